The molecule has 41 heavy (non-hydrogen) atoms. The van der Waals surface area contributed by atoms with E-state index in [0.717, 1.165) is 37.1 Å². The Balaban J connectivity index is 1.50. The number of aryl methyl sites for hydroxylation is 1. The summed E-state index contributed by atoms with van der Waals surface area (Å²) < 4.78 is 36.6. The van der Waals surface area contributed by atoms with Crippen LogP contribution in [0.2, 0.25) is 10.0 Å². The van der Waals surface area contributed by atoms with Gasteiger partial charge in [0.05, 0.1) is 22.8 Å². The monoisotopic (exact) mass is 617 g/mol. The standard InChI is InChI=1S/C29H33Cl2N5O4S/c1-3-40-25-13-12-22(41(38,39)32-15-14-19-10-11-21(30)16-24(19)31)17-23(25)27-34-29(37)26-18(2)33-28(36(26)35-27)20-8-6-4-5-7-9-20/h10-13,16-17,20,32H,3-9,14-15H2,1-2H3,(H,34,35,37). The summed E-state index contributed by atoms with van der Waals surface area (Å²) in [5, 5.41) is 5.78. The molecule has 4 aromatic rings. The first-order chi connectivity index (χ1) is 19.7. The van der Waals surface area contributed by atoms with Gasteiger partial charge in [0.15, 0.2) is 11.3 Å². The van der Waals surface area contributed by atoms with Gasteiger partial charge in [-0.15, -0.1) is 5.10 Å². The van der Waals surface area contributed by atoms with Crippen molar-refractivity contribution in [1.82, 2.24) is 24.3 Å². The fraction of sp³-hybridized carbons (Fsp3) is 0.414. The van der Waals surface area contributed by atoms with E-state index in [1.54, 1.807) is 28.8 Å². The van der Waals surface area contributed by atoms with Crippen LogP contribution in [0.15, 0.2) is 46.1 Å². The predicted octanol–water partition coefficient (Wildman–Crippen LogP) is 6.06. The topological polar surface area (TPSA) is 118 Å². The van der Waals surface area contributed by atoms with E-state index in [1.165, 1.54) is 25.0 Å². The van der Waals surface area contributed by atoms with Crippen molar-refractivity contribution < 1.29 is 13.2 Å². The number of imidazole rings is 1. The number of hydrogen-bond donors (Lipinski definition) is 2. The number of aromatic nitrogens is 4. The van der Waals surface area contributed by atoms with Crippen molar-refractivity contribution >= 4 is 38.7 Å². The van der Waals surface area contributed by atoms with E-state index in [9.17, 15) is 13.2 Å². The SMILES string of the molecule is CCOc1ccc(S(=O)(=O)NCCc2ccc(Cl)cc2Cl)cc1-c1nn2c(C3CCCCCC3)nc(C)c2c(=O)[nH]1. The Bertz CT molecular complexity index is 1730. The first kappa shape index (κ1) is 29.6. The number of aromatic amines is 1. The molecule has 2 aromatic carbocycles. The molecule has 0 unspecified atom stereocenters. The Morgan fingerprint density at radius 2 is 1.85 bits per heavy atom. The van der Waals surface area contributed by atoms with Crippen LogP contribution in [0.4, 0.5) is 0 Å². The maximum atomic E-state index is 13.3. The van der Waals surface area contributed by atoms with Gasteiger partial charge in [-0.05, 0) is 69.0 Å². The molecule has 218 valence electrons. The molecule has 1 aliphatic carbocycles. The lowest BCUT2D eigenvalue weighted by atomic mass is 10.00. The summed E-state index contributed by atoms with van der Waals surface area (Å²) in [7, 11) is -3.91. The first-order valence-corrected chi connectivity index (χ1v) is 16.1. The normalized spacial score (nSPS) is 14.8. The van der Waals surface area contributed by atoms with Gasteiger partial charge in [0, 0.05) is 22.5 Å². The molecule has 0 saturated heterocycles. The highest BCUT2D eigenvalue weighted by atomic mass is 35.5. The van der Waals surface area contributed by atoms with Crippen molar-refractivity contribution in [3.05, 3.63) is 73.9 Å². The van der Waals surface area contributed by atoms with Crippen molar-refractivity contribution in [1.29, 1.82) is 0 Å². The minimum Gasteiger partial charge on any atom is -0.493 e. The van der Waals surface area contributed by atoms with Crippen LogP contribution in [0.1, 0.15) is 68.4 Å². The highest BCUT2D eigenvalue weighted by Gasteiger charge is 2.25. The molecular formula is C29H33Cl2N5O4S. The third-order valence-corrected chi connectivity index (χ3v) is 9.48. The van der Waals surface area contributed by atoms with E-state index in [4.69, 9.17) is 38.0 Å². The van der Waals surface area contributed by atoms with Crippen LogP contribution in [-0.4, -0.2) is 41.2 Å². The maximum absolute atomic E-state index is 13.3. The largest absolute Gasteiger partial charge is 0.493 e. The zero-order valence-corrected chi connectivity index (χ0v) is 25.4. The lowest BCUT2D eigenvalue weighted by molar-refractivity contribution is 0.341. The number of ether oxygens (including phenoxy) is 1. The molecule has 1 aliphatic rings. The number of fused-ring (bicyclic) bond motifs is 1. The predicted molar refractivity (Wildman–Crippen MR) is 161 cm³/mol. The lowest BCUT2D eigenvalue weighted by Gasteiger charge is -2.15. The van der Waals surface area contributed by atoms with Gasteiger partial charge in [0.1, 0.15) is 11.6 Å². The van der Waals surface area contributed by atoms with Crippen LogP contribution < -0.4 is 15.0 Å². The zero-order chi connectivity index (χ0) is 29.1. The zero-order valence-electron chi connectivity index (χ0n) is 23.0. The second-order valence-electron chi connectivity index (χ2n) is 10.3. The minimum atomic E-state index is -3.91. The highest BCUT2D eigenvalue weighted by Crippen LogP contribution is 2.33. The van der Waals surface area contributed by atoms with E-state index in [-0.39, 0.29) is 28.7 Å². The number of halogens is 2. The number of nitrogens with one attached hydrogen (secondary N) is 2. The Morgan fingerprint density at radius 3 is 2.56 bits per heavy atom. The summed E-state index contributed by atoms with van der Waals surface area (Å²) in [6.45, 7) is 4.13. The number of benzene rings is 2. The molecule has 2 heterocycles. The lowest BCUT2D eigenvalue weighted by Crippen LogP contribution is -2.26. The molecule has 1 fully saturated rings. The van der Waals surface area contributed by atoms with Gasteiger partial charge in [-0.1, -0.05) is 55.0 Å². The summed E-state index contributed by atoms with van der Waals surface area (Å²) in [6, 6.07) is 9.64. The highest BCUT2D eigenvalue weighted by molar-refractivity contribution is 7.89. The van der Waals surface area contributed by atoms with E-state index in [0.29, 0.717) is 45.6 Å². The molecule has 0 bridgehead atoms. The van der Waals surface area contributed by atoms with Crippen molar-refractivity contribution in [3.8, 4) is 17.1 Å². The quantitative estimate of drug-likeness (QED) is 0.220. The van der Waals surface area contributed by atoms with Crippen LogP contribution in [0, 0.1) is 6.92 Å². The van der Waals surface area contributed by atoms with Gasteiger partial charge in [0.2, 0.25) is 10.0 Å². The molecule has 9 nitrogen and oxygen atoms in total. The molecule has 5 rings (SSSR count). The third kappa shape index (κ3) is 6.45. The van der Waals surface area contributed by atoms with Crippen LogP contribution in [-0.2, 0) is 16.4 Å². The smallest absolute Gasteiger partial charge is 0.277 e. The Morgan fingerprint density at radius 1 is 1.10 bits per heavy atom. The molecule has 2 N–H and O–H groups in total. The van der Waals surface area contributed by atoms with Gasteiger partial charge in [-0.3, -0.25) is 4.79 Å². The van der Waals surface area contributed by atoms with Crippen molar-refractivity contribution in [2.75, 3.05) is 13.2 Å². The molecule has 0 spiro atoms. The van der Waals surface area contributed by atoms with Gasteiger partial charge in [0.25, 0.3) is 5.56 Å². The second kappa shape index (κ2) is 12.5. The average Bonchev–Trinajstić information content (AvgIpc) is 3.09. The number of sulfonamides is 1. The summed E-state index contributed by atoms with van der Waals surface area (Å²) in [5.41, 5.74) is 1.83. The van der Waals surface area contributed by atoms with Crippen LogP contribution in [0.3, 0.4) is 0 Å². The number of nitrogens with zero attached hydrogens (tertiary/aromatic N) is 3. The molecular weight excluding hydrogens is 585 g/mol. The van der Waals surface area contributed by atoms with Gasteiger partial charge in [-0.25, -0.2) is 22.6 Å². The molecule has 1 saturated carbocycles. The number of rotatable bonds is 9. The van der Waals surface area contributed by atoms with E-state index in [2.05, 4.69) is 9.71 Å². The molecule has 2 aromatic heterocycles. The first-order valence-electron chi connectivity index (χ1n) is 13.9. The Labute approximate surface area is 249 Å². The summed E-state index contributed by atoms with van der Waals surface area (Å²) in [6.07, 6.45) is 6.98. The number of hydrogen-bond acceptors (Lipinski definition) is 6. The fourth-order valence-corrected chi connectivity index (χ4v) is 6.95. The van der Waals surface area contributed by atoms with Gasteiger partial charge < -0.3 is 9.72 Å². The van der Waals surface area contributed by atoms with Crippen LogP contribution in [0.5, 0.6) is 5.75 Å². The third-order valence-electron chi connectivity index (χ3n) is 7.44. The summed E-state index contributed by atoms with van der Waals surface area (Å²) in [5.74, 6) is 1.60. The average molecular weight is 619 g/mol. The van der Waals surface area contributed by atoms with Gasteiger partial charge in [-0.2, -0.15) is 0 Å². The van der Waals surface area contributed by atoms with E-state index >= 15 is 0 Å². The van der Waals surface area contributed by atoms with E-state index < -0.39 is 10.0 Å². The van der Waals surface area contributed by atoms with Crippen molar-refractivity contribution in [2.45, 2.75) is 69.6 Å². The number of H-pyrrole nitrogens is 1. The maximum Gasteiger partial charge on any atom is 0.277 e. The summed E-state index contributed by atoms with van der Waals surface area (Å²) in [4.78, 5) is 20.9. The fourth-order valence-electron chi connectivity index (χ4n) is 5.39. The van der Waals surface area contributed by atoms with Crippen LogP contribution >= 0.6 is 23.2 Å². The van der Waals surface area contributed by atoms with Crippen molar-refractivity contribution in [3.63, 3.8) is 0 Å². The van der Waals surface area contributed by atoms with E-state index in [1.807, 2.05) is 13.8 Å². The minimum absolute atomic E-state index is 0.0201. The Kier molecular flexibility index (Phi) is 9.03. The van der Waals surface area contributed by atoms with Gasteiger partial charge >= 0.3 is 0 Å². The molecule has 0 atom stereocenters. The summed E-state index contributed by atoms with van der Waals surface area (Å²) >= 11 is 12.2. The van der Waals surface area contributed by atoms with Crippen molar-refractivity contribution in [2.24, 2.45) is 0 Å². The molecule has 0 aliphatic heterocycles. The van der Waals surface area contributed by atoms with Crippen LogP contribution in [0.25, 0.3) is 16.9 Å². The molecule has 0 radical (unpaired) electrons. The molecule has 12 heteroatoms. The molecule has 0 amide bonds. The Hall–Kier alpha value is -2.92. The second-order valence-corrected chi connectivity index (χ2v) is 12.9.